The molecule has 0 radical (unpaired) electrons. The summed E-state index contributed by atoms with van der Waals surface area (Å²) >= 11 is 3.57. The number of rotatable bonds is 10. The molecule has 1 unspecified atom stereocenters. The highest BCUT2D eigenvalue weighted by Crippen LogP contribution is 2.42. The Bertz CT molecular complexity index is 2490. The van der Waals surface area contributed by atoms with E-state index in [2.05, 4.69) is 69.6 Å². The number of halogens is 1. The molecule has 3 amide bonds. The summed E-state index contributed by atoms with van der Waals surface area (Å²) in [4.78, 5) is 62.1. The molecular weight excluding hydrogens is 811 g/mol. The molecule has 0 bridgehead atoms. The van der Waals surface area contributed by atoms with Gasteiger partial charge in [0.2, 0.25) is 17.8 Å². The number of hydrogen-bond donors (Lipinski definition) is 3. The van der Waals surface area contributed by atoms with Gasteiger partial charge in [-0.3, -0.25) is 34.6 Å². The van der Waals surface area contributed by atoms with Crippen LogP contribution in [0.5, 0.6) is 5.75 Å². The topological polar surface area (TPSA) is 175 Å². The molecule has 1 atom stereocenters. The molecule has 0 aliphatic carbocycles. The van der Waals surface area contributed by atoms with Crippen LogP contribution in [0.1, 0.15) is 39.9 Å². The van der Waals surface area contributed by atoms with Crippen molar-refractivity contribution in [3.63, 3.8) is 0 Å². The zero-order chi connectivity index (χ0) is 40.0. The first-order valence-electron chi connectivity index (χ1n) is 18.6. The van der Waals surface area contributed by atoms with Crippen LogP contribution >= 0.6 is 23.1 Å². The highest BCUT2D eigenvalue weighted by Gasteiger charge is 2.40. The number of carbonyl (C=O) groups excluding carboxylic acids is 3. The van der Waals surface area contributed by atoms with Gasteiger partial charge in [0, 0.05) is 81.6 Å². The number of amides is 3. The number of methoxy groups -OCH3 is 1. The van der Waals surface area contributed by atoms with Gasteiger partial charge >= 0.3 is 0 Å². The van der Waals surface area contributed by atoms with Gasteiger partial charge in [-0.2, -0.15) is 4.98 Å². The number of imide groups is 1. The summed E-state index contributed by atoms with van der Waals surface area (Å²) in [6.07, 6.45) is 5.43. The Morgan fingerprint density at radius 2 is 1.77 bits per heavy atom. The molecule has 2 saturated heterocycles. The number of aromatic nitrogens is 4. The average Bonchev–Trinajstić information content (AvgIpc) is 3.52. The molecule has 3 aliphatic heterocycles. The summed E-state index contributed by atoms with van der Waals surface area (Å²) in [5, 5.41) is 9.66. The molecule has 15 nitrogen and oxygen atoms in total. The van der Waals surface area contributed by atoms with Crippen molar-refractivity contribution >= 4 is 86.0 Å². The Hall–Kier alpha value is -5.44. The van der Waals surface area contributed by atoms with Gasteiger partial charge in [-0.25, -0.2) is 4.98 Å². The van der Waals surface area contributed by atoms with Crippen molar-refractivity contribution in [3.05, 3.63) is 87.8 Å². The largest absolute Gasteiger partial charge is 0.494 e. The van der Waals surface area contributed by atoms with Crippen molar-refractivity contribution in [2.75, 3.05) is 62.2 Å². The summed E-state index contributed by atoms with van der Waals surface area (Å²) in [5.41, 5.74) is 7.36. The second-order valence-electron chi connectivity index (χ2n) is 14.8. The number of anilines is 5. The van der Waals surface area contributed by atoms with E-state index in [4.69, 9.17) is 9.72 Å². The third-order valence-corrected chi connectivity index (χ3v) is 12.8. The molecule has 294 valence electrons. The fourth-order valence-corrected chi connectivity index (χ4v) is 9.58. The molecule has 5 aromatic rings. The maximum Gasteiger partial charge on any atom is 0.255 e. The molecule has 2 fully saturated rings. The zero-order valence-corrected chi connectivity index (χ0v) is 34.5. The Morgan fingerprint density at radius 1 is 0.982 bits per heavy atom. The Balaban J connectivity index is 0.946. The first-order chi connectivity index (χ1) is 27.4. The van der Waals surface area contributed by atoms with Gasteiger partial charge < -0.3 is 29.7 Å². The minimum atomic E-state index is -2.78. The number of benzene rings is 3. The molecule has 3 aromatic carbocycles. The van der Waals surface area contributed by atoms with Crippen molar-refractivity contribution in [1.29, 1.82) is 0 Å². The molecule has 5 heterocycles. The monoisotopic (exact) mass is 852 g/mol. The fourth-order valence-electron chi connectivity index (χ4n) is 7.90. The van der Waals surface area contributed by atoms with Crippen LogP contribution in [-0.2, 0) is 27.2 Å². The van der Waals surface area contributed by atoms with E-state index < -0.39 is 19.1 Å². The van der Waals surface area contributed by atoms with E-state index in [-0.39, 0.29) is 18.2 Å². The molecule has 2 aromatic heterocycles. The number of piperidine rings is 1. The standard InChI is InChI=1S/C40H42BrN10O5P/c1-23-18-30(46-40-44-20-27(41)37(48-40)45-29-9-8-28-35(43-13-12-42-28)36(29)57(3,4)55)33(56-2)19-32(23)50-16-14-49(15-17-50)21-24-6-5-7-25-26(24)22-51(39(25)54)31-10-11-34(52)47-38(31)53/h5-9,12-13,18-20,31H,10-11,14-17,21-22H2,1-4H3,(H,47,52,53)(H2,44,45,46,48). The van der Waals surface area contributed by atoms with Crippen LogP contribution in [0.4, 0.5) is 28.8 Å². The van der Waals surface area contributed by atoms with Crippen molar-refractivity contribution in [2.45, 2.75) is 38.9 Å². The van der Waals surface area contributed by atoms with E-state index in [1.54, 1.807) is 43.9 Å². The minimum absolute atomic E-state index is 0.159. The van der Waals surface area contributed by atoms with Gasteiger partial charge in [-0.1, -0.05) is 12.1 Å². The Morgan fingerprint density at radius 3 is 2.53 bits per heavy atom. The second-order valence-corrected chi connectivity index (χ2v) is 18.8. The van der Waals surface area contributed by atoms with Crippen LogP contribution in [0, 0.1) is 6.92 Å². The predicted molar refractivity (Wildman–Crippen MR) is 223 cm³/mol. The Labute approximate surface area is 338 Å². The van der Waals surface area contributed by atoms with Crippen LogP contribution in [0.25, 0.3) is 11.0 Å². The fraction of sp³-hybridized carbons (Fsp3) is 0.325. The maximum atomic E-state index is 13.5. The number of ether oxygens (including phenoxy) is 1. The van der Waals surface area contributed by atoms with Crippen LogP contribution < -0.4 is 30.9 Å². The van der Waals surface area contributed by atoms with E-state index in [9.17, 15) is 18.9 Å². The first-order valence-corrected chi connectivity index (χ1v) is 22.0. The number of aryl methyl sites for hydroxylation is 1. The number of nitrogens with zero attached hydrogens (tertiary/aromatic N) is 7. The van der Waals surface area contributed by atoms with Crippen molar-refractivity contribution < 1.29 is 23.7 Å². The number of nitrogens with one attached hydrogen (secondary N) is 3. The van der Waals surface area contributed by atoms with Gasteiger partial charge in [-0.15, -0.1) is 0 Å². The lowest BCUT2D eigenvalue weighted by molar-refractivity contribution is -0.136. The van der Waals surface area contributed by atoms with E-state index in [1.807, 2.05) is 36.4 Å². The van der Waals surface area contributed by atoms with Gasteiger partial charge in [0.1, 0.15) is 30.3 Å². The lowest BCUT2D eigenvalue weighted by atomic mass is 10.0. The minimum Gasteiger partial charge on any atom is -0.494 e. The van der Waals surface area contributed by atoms with E-state index in [0.29, 0.717) is 74.8 Å². The number of carbonyl (C=O) groups is 3. The summed E-state index contributed by atoms with van der Waals surface area (Å²) < 4.78 is 20.0. The van der Waals surface area contributed by atoms with Crippen LogP contribution in [0.15, 0.2) is 65.5 Å². The van der Waals surface area contributed by atoms with E-state index in [1.165, 1.54) is 0 Å². The normalized spacial score (nSPS) is 17.5. The van der Waals surface area contributed by atoms with Gasteiger partial charge in [0.05, 0.1) is 33.8 Å². The second kappa shape index (κ2) is 15.5. The summed E-state index contributed by atoms with van der Waals surface area (Å²) in [5.74, 6) is 0.601. The van der Waals surface area contributed by atoms with Crippen LogP contribution in [-0.4, -0.2) is 100 Å². The van der Waals surface area contributed by atoms with Crippen LogP contribution in [0.2, 0.25) is 0 Å². The van der Waals surface area contributed by atoms with Gasteiger partial charge in [0.25, 0.3) is 5.91 Å². The number of hydrogen-bond acceptors (Lipinski definition) is 13. The van der Waals surface area contributed by atoms with E-state index in [0.717, 1.165) is 48.6 Å². The highest BCUT2D eigenvalue weighted by molar-refractivity contribution is 9.10. The third kappa shape index (κ3) is 7.68. The van der Waals surface area contributed by atoms with Gasteiger partial charge in [0.15, 0.2) is 0 Å². The zero-order valence-electron chi connectivity index (χ0n) is 32.0. The van der Waals surface area contributed by atoms with Crippen LogP contribution in [0.3, 0.4) is 0 Å². The molecular formula is C40H42BrN10O5P. The van der Waals surface area contributed by atoms with Crippen molar-refractivity contribution in [1.82, 2.24) is 35.1 Å². The molecule has 8 rings (SSSR count). The van der Waals surface area contributed by atoms with Gasteiger partial charge in [-0.05, 0) is 83.6 Å². The molecule has 57 heavy (non-hydrogen) atoms. The summed E-state index contributed by atoms with van der Waals surface area (Å²) in [6.45, 7) is 9.76. The van der Waals surface area contributed by atoms with Crippen molar-refractivity contribution in [3.8, 4) is 5.75 Å². The first kappa shape index (κ1) is 38.4. The number of piperazine rings is 1. The summed E-state index contributed by atoms with van der Waals surface area (Å²) in [6, 6.07) is 12.9. The molecule has 3 N–H and O–H groups in total. The maximum absolute atomic E-state index is 13.5. The molecule has 0 spiro atoms. The van der Waals surface area contributed by atoms with E-state index >= 15 is 0 Å². The lowest BCUT2D eigenvalue weighted by Crippen LogP contribution is -2.52. The lowest BCUT2D eigenvalue weighted by Gasteiger charge is -2.37. The summed E-state index contributed by atoms with van der Waals surface area (Å²) in [7, 11) is -1.15. The quantitative estimate of drug-likeness (QED) is 0.122. The number of fused-ring (bicyclic) bond motifs is 2. The van der Waals surface area contributed by atoms with Crippen molar-refractivity contribution in [2.24, 2.45) is 0 Å². The smallest absolute Gasteiger partial charge is 0.255 e. The molecule has 17 heteroatoms. The predicted octanol–water partition coefficient (Wildman–Crippen LogP) is 5.32. The highest BCUT2D eigenvalue weighted by atomic mass is 79.9. The third-order valence-electron chi connectivity index (χ3n) is 10.7. The average molecular weight is 854 g/mol. The molecule has 0 saturated carbocycles. The Kier molecular flexibility index (Phi) is 10.4. The SMILES string of the molecule is COc1cc(N2CCN(Cc3cccc4c3CN(C3CCC(=O)NC3=O)C4=O)CC2)c(C)cc1Nc1ncc(Br)c(Nc2ccc3nccnc3c2P(C)(C)=O)n1. The molecule has 3 aliphatic rings.